The Balaban J connectivity index is 2.29. The van der Waals surface area contributed by atoms with Gasteiger partial charge in [0.1, 0.15) is 10.6 Å². The molecule has 0 aliphatic heterocycles. The van der Waals surface area contributed by atoms with Crippen LogP contribution in [0.1, 0.15) is 30.7 Å². The van der Waals surface area contributed by atoms with Crippen LogP contribution in [0.4, 0.5) is 0 Å². The van der Waals surface area contributed by atoms with Crippen LogP contribution in [0.15, 0.2) is 4.90 Å². The second kappa shape index (κ2) is 5.68. The van der Waals surface area contributed by atoms with Crippen molar-refractivity contribution in [3.63, 3.8) is 0 Å². The minimum atomic E-state index is -3.66. The summed E-state index contributed by atoms with van der Waals surface area (Å²) in [7, 11) is 1.91. The third kappa shape index (κ3) is 2.73. The van der Waals surface area contributed by atoms with Crippen LogP contribution < -0.4 is 0 Å². The third-order valence-electron chi connectivity index (χ3n) is 4.53. The van der Waals surface area contributed by atoms with Gasteiger partial charge in [0.2, 0.25) is 10.0 Å². The van der Waals surface area contributed by atoms with Gasteiger partial charge >= 0.3 is 0 Å². The highest BCUT2D eigenvalue weighted by Crippen LogP contribution is 2.37. The van der Waals surface area contributed by atoms with Crippen LogP contribution in [-0.4, -0.2) is 66.2 Å². The number of aliphatic hydroxyl groups excluding tert-OH is 1. The Morgan fingerprint density at radius 2 is 1.95 bits per heavy atom. The van der Waals surface area contributed by atoms with Gasteiger partial charge in [-0.2, -0.15) is 9.40 Å². The van der Waals surface area contributed by atoms with Crippen LogP contribution >= 0.6 is 0 Å². The van der Waals surface area contributed by atoms with Gasteiger partial charge in [-0.1, -0.05) is 0 Å². The van der Waals surface area contributed by atoms with Gasteiger partial charge in [-0.25, -0.2) is 8.42 Å². The Labute approximate surface area is 126 Å². The predicted molar refractivity (Wildman–Crippen MR) is 79.3 cm³/mol. The van der Waals surface area contributed by atoms with Gasteiger partial charge in [0.15, 0.2) is 0 Å². The second-order valence-corrected chi connectivity index (χ2v) is 8.00. The molecule has 0 radical (unpaired) electrons. The lowest BCUT2D eigenvalue weighted by atomic mass is 9.75. The molecule has 0 spiro atoms. The van der Waals surface area contributed by atoms with Crippen molar-refractivity contribution in [2.75, 3.05) is 27.7 Å². The molecule has 0 saturated heterocycles. The van der Waals surface area contributed by atoms with Crippen LogP contribution in [0.5, 0.6) is 0 Å². The summed E-state index contributed by atoms with van der Waals surface area (Å²) < 4.78 is 26.9. The average Bonchev–Trinajstić information content (AvgIpc) is 2.74. The molecular weight excluding hydrogens is 292 g/mol. The van der Waals surface area contributed by atoms with Crippen molar-refractivity contribution in [3.05, 3.63) is 11.4 Å². The summed E-state index contributed by atoms with van der Waals surface area (Å²) in [6, 6.07) is 0. The summed E-state index contributed by atoms with van der Waals surface area (Å²) in [6.45, 7) is 1.70. The van der Waals surface area contributed by atoms with Crippen molar-refractivity contribution >= 4 is 10.0 Å². The molecular formula is C13H24N4O3S. The number of likely N-dealkylation sites (N-methyl/N-ethyl adjacent to an activating group) is 2. The highest BCUT2D eigenvalue weighted by atomic mass is 32.2. The Morgan fingerprint density at radius 3 is 2.38 bits per heavy atom. The smallest absolute Gasteiger partial charge is 0.246 e. The molecule has 0 atom stereocenters. The number of aliphatic hydroxyl groups is 1. The van der Waals surface area contributed by atoms with Crippen molar-refractivity contribution in [2.45, 2.75) is 43.2 Å². The van der Waals surface area contributed by atoms with E-state index in [1.54, 1.807) is 14.0 Å². The fraction of sp³-hybridized carbons (Fsp3) is 0.769. The molecule has 1 saturated carbocycles. The van der Waals surface area contributed by atoms with E-state index in [0.29, 0.717) is 12.2 Å². The van der Waals surface area contributed by atoms with Gasteiger partial charge in [0.05, 0.1) is 12.3 Å². The van der Waals surface area contributed by atoms with E-state index in [1.165, 1.54) is 4.31 Å². The highest BCUT2D eigenvalue weighted by molar-refractivity contribution is 7.89. The normalized spacial score (nSPS) is 18.2. The van der Waals surface area contributed by atoms with Crippen molar-refractivity contribution in [3.8, 4) is 0 Å². The molecule has 1 fully saturated rings. The summed E-state index contributed by atoms with van der Waals surface area (Å²) in [6.07, 6.45) is 3.12. The Bertz CT molecular complexity index is 605. The van der Waals surface area contributed by atoms with E-state index in [2.05, 4.69) is 15.1 Å². The first-order valence-corrected chi connectivity index (χ1v) is 8.47. The highest BCUT2D eigenvalue weighted by Gasteiger charge is 2.42. The van der Waals surface area contributed by atoms with E-state index in [-0.39, 0.29) is 16.1 Å². The summed E-state index contributed by atoms with van der Waals surface area (Å²) in [4.78, 5) is 2.21. The topological polar surface area (TPSA) is 89.5 Å². The first-order valence-electron chi connectivity index (χ1n) is 7.03. The summed E-state index contributed by atoms with van der Waals surface area (Å²) in [5.41, 5.74) is 0.545. The minimum Gasteiger partial charge on any atom is -0.390 e. The van der Waals surface area contributed by atoms with Crippen LogP contribution in [0, 0.1) is 6.92 Å². The quantitative estimate of drug-likeness (QED) is 0.789. The number of H-pyrrole nitrogens is 1. The van der Waals surface area contributed by atoms with E-state index in [1.807, 2.05) is 14.1 Å². The number of aromatic amines is 1. The molecule has 120 valence electrons. The van der Waals surface area contributed by atoms with E-state index in [0.717, 1.165) is 19.3 Å². The molecule has 0 aromatic carbocycles. The van der Waals surface area contributed by atoms with Gasteiger partial charge in [0, 0.05) is 19.1 Å². The predicted octanol–water partition coefficient (Wildman–Crippen LogP) is 0.315. The average molecular weight is 316 g/mol. The zero-order valence-corrected chi connectivity index (χ0v) is 13.9. The Kier molecular flexibility index (Phi) is 4.44. The standard InChI is InChI=1S/C13H24N4O3S/c1-10-12(11(8-18)15-14-10)21(19,20)17(4)9-13(16(2)3)6-5-7-13/h18H,5-9H2,1-4H3,(H,14,15). The number of hydrogen-bond donors (Lipinski definition) is 2. The van der Waals surface area contributed by atoms with E-state index in [4.69, 9.17) is 0 Å². The number of nitrogens with one attached hydrogen (secondary N) is 1. The SMILES string of the molecule is Cc1[nH]nc(CO)c1S(=O)(=O)N(C)CC1(N(C)C)CCC1. The molecule has 0 amide bonds. The van der Waals surface area contributed by atoms with E-state index in [9.17, 15) is 13.5 Å². The summed E-state index contributed by atoms with van der Waals surface area (Å²) in [5, 5.41) is 15.8. The lowest BCUT2D eigenvalue weighted by Gasteiger charge is -2.48. The van der Waals surface area contributed by atoms with Crippen molar-refractivity contribution < 1.29 is 13.5 Å². The largest absolute Gasteiger partial charge is 0.390 e. The van der Waals surface area contributed by atoms with Crippen molar-refractivity contribution in [2.24, 2.45) is 0 Å². The van der Waals surface area contributed by atoms with Crippen LogP contribution in [0.3, 0.4) is 0 Å². The molecule has 8 heteroatoms. The fourth-order valence-electron chi connectivity index (χ4n) is 2.91. The molecule has 1 aromatic heterocycles. The lowest BCUT2D eigenvalue weighted by molar-refractivity contribution is 0.0455. The van der Waals surface area contributed by atoms with Gasteiger partial charge in [-0.3, -0.25) is 5.10 Å². The van der Waals surface area contributed by atoms with Crippen LogP contribution in [-0.2, 0) is 16.6 Å². The molecule has 2 N–H and O–H groups in total. The fourth-order valence-corrected chi connectivity index (χ4v) is 4.47. The minimum absolute atomic E-state index is 0.0845. The molecule has 0 bridgehead atoms. The van der Waals surface area contributed by atoms with E-state index < -0.39 is 16.6 Å². The molecule has 0 unspecified atom stereocenters. The zero-order valence-electron chi connectivity index (χ0n) is 13.0. The maximum Gasteiger partial charge on any atom is 0.246 e. The molecule has 1 aliphatic rings. The molecule has 21 heavy (non-hydrogen) atoms. The molecule has 1 aromatic rings. The van der Waals surface area contributed by atoms with Crippen molar-refractivity contribution in [1.82, 2.24) is 19.4 Å². The zero-order chi connectivity index (χ0) is 15.8. The van der Waals surface area contributed by atoms with Gasteiger partial charge < -0.3 is 10.0 Å². The summed E-state index contributed by atoms with van der Waals surface area (Å²) in [5.74, 6) is 0. The third-order valence-corrected chi connectivity index (χ3v) is 6.54. The number of nitrogens with zero attached hydrogens (tertiary/aromatic N) is 3. The number of sulfonamides is 1. The van der Waals surface area contributed by atoms with Crippen molar-refractivity contribution in [1.29, 1.82) is 0 Å². The van der Waals surface area contributed by atoms with Gasteiger partial charge in [-0.15, -0.1) is 0 Å². The number of hydrogen-bond acceptors (Lipinski definition) is 5. The van der Waals surface area contributed by atoms with Crippen LogP contribution in [0.2, 0.25) is 0 Å². The van der Waals surface area contributed by atoms with Gasteiger partial charge in [0.25, 0.3) is 0 Å². The Hall–Kier alpha value is -0.960. The number of aryl methyl sites for hydroxylation is 1. The van der Waals surface area contributed by atoms with Crippen LogP contribution in [0.25, 0.3) is 0 Å². The molecule has 2 rings (SSSR count). The number of aromatic nitrogens is 2. The summed E-state index contributed by atoms with van der Waals surface area (Å²) >= 11 is 0. The first kappa shape index (κ1) is 16.4. The molecule has 1 aliphatic carbocycles. The maximum atomic E-state index is 12.8. The van der Waals surface area contributed by atoms with Gasteiger partial charge in [-0.05, 0) is 40.3 Å². The first-order chi connectivity index (χ1) is 9.74. The molecule has 7 nitrogen and oxygen atoms in total. The molecule has 1 heterocycles. The Morgan fingerprint density at radius 1 is 1.33 bits per heavy atom. The van der Waals surface area contributed by atoms with E-state index >= 15 is 0 Å². The monoisotopic (exact) mass is 316 g/mol. The second-order valence-electron chi connectivity index (χ2n) is 6.02. The lowest BCUT2D eigenvalue weighted by Crippen LogP contribution is -2.57. The number of rotatable bonds is 6. The maximum absolute atomic E-state index is 12.8.